The second kappa shape index (κ2) is 7.67. The van der Waals surface area contributed by atoms with E-state index in [4.69, 9.17) is 4.74 Å². The van der Waals surface area contributed by atoms with Gasteiger partial charge in [0.05, 0.1) is 19.3 Å². The number of nitrogens with one attached hydrogen (secondary N) is 1. The van der Waals surface area contributed by atoms with Crippen molar-refractivity contribution in [2.45, 2.75) is 32.0 Å². The number of ether oxygens (including phenoxy) is 1. The molecule has 1 saturated heterocycles. The van der Waals surface area contributed by atoms with Crippen LogP contribution in [-0.2, 0) is 16.1 Å². The van der Waals surface area contributed by atoms with Gasteiger partial charge in [-0.3, -0.25) is 9.69 Å². The minimum Gasteiger partial charge on any atom is -0.395 e. The fourth-order valence-corrected chi connectivity index (χ4v) is 2.68. The van der Waals surface area contributed by atoms with Crippen LogP contribution in [0.25, 0.3) is 0 Å². The summed E-state index contributed by atoms with van der Waals surface area (Å²) in [4.78, 5) is 13.9. The molecule has 6 heteroatoms. The molecular formula is C16H23FN2O3. The molecule has 5 nitrogen and oxygen atoms in total. The molecule has 1 aliphatic heterocycles. The number of rotatable bonds is 6. The van der Waals surface area contributed by atoms with Crippen molar-refractivity contribution in [1.29, 1.82) is 0 Å². The summed E-state index contributed by atoms with van der Waals surface area (Å²) in [6.45, 7) is 2.84. The third-order valence-electron chi connectivity index (χ3n) is 4.11. The number of benzene rings is 1. The van der Waals surface area contributed by atoms with Gasteiger partial charge in [0, 0.05) is 26.2 Å². The minimum atomic E-state index is -0.269. The second-order valence-electron chi connectivity index (χ2n) is 5.72. The molecule has 2 atom stereocenters. The van der Waals surface area contributed by atoms with Gasteiger partial charge in [-0.25, -0.2) is 4.39 Å². The highest BCUT2D eigenvalue weighted by Gasteiger charge is 2.32. The Hall–Kier alpha value is -1.50. The summed E-state index contributed by atoms with van der Waals surface area (Å²) < 4.78 is 18.7. The fraction of sp³-hybridized carbons (Fsp3) is 0.562. The summed E-state index contributed by atoms with van der Waals surface area (Å²) in [6, 6.07) is 4.88. The van der Waals surface area contributed by atoms with Crippen LogP contribution in [0.3, 0.4) is 0 Å². The van der Waals surface area contributed by atoms with E-state index in [1.807, 2.05) is 4.90 Å². The Kier molecular flexibility index (Phi) is 5.88. The Morgan fingerprint density at radius 1 is 1.55 bits per heavy atom. The molecule has 0 aliphatic carbocycles. The van der Waals surface area contributed by atoms with Crippen LogP contribution in [0, 0.1) is 12.7 Å². The molecule has 0 bridgehead atoms. The molecule has 2 N–H and O–H groups in total. The first-order chi connectivity index (χ1) is 10.5. The van der Waals surface area contributed by atoms with Crippen molar-refractivity contribution in [3.8, 4) is 0 Å². The number of carbonyl (C=O) groups excluding carboxylic acids is 1. The molecule has 2 rings (SSSR count). The molecule has 0 unspecified atom stereocenters. The van der Waals surface area contributed by atoms with Gasteiger partial charge >= 0.3 is 0 Å². The van der Waals surface area contributed by atoms with Crippen molar-refractivity contribution in [2.75, 3.05) is 26.8 Å². The van der Waals surface area contributed by atoms with E-state index in [0.717, 1.165) is 12.0 Å². The van der Waals surface area contributed by atoms with Gasteiger partial charge in [0.15, 0.2) is 0 Å². The Balaban J connectivity index is 1.83. The molecule has 1 aliphatic rings. The summed E-state index contributed by atoms with van der Waals surface area (Å²) in [6.07, 6.45) is 0.778. The Bertz CT molecular complexity index is 524. The Morgan fingerprint density at radius 3 is 2.95 bits per heavy atom. The highest BCUT2D eigenvalue weighted by atomic mass is 19.1. The molecule has 122 valence electrons. The molecule has 1 fully saturated rings. The number of hydrogen-bond acceptors (Lipinski definition) is 4. The highest BCUT2D eigenvalue weighted by Crippen LogP contribution is 2.19. The molecule has 1 aromatic rings. The summed E-state index contributed by atoms with van der Waals surface area (Å²) in [5.74, 6) is -0.411. The van der Waals surface area contributed by atoms with E-state index in [1.54, 1.807) is 26.2 Å². The van der Waals surface area contributed by atoms with E-state index in [0.29, 0.717) is 18.7 Å². The van der Waals surface area contributed by atoms with Gasteiger partial charge in [-0.2, -0.15) is 0 Å². The van der Waals surface area contributed by atoms with Crippen molar-refractivity contribution in [3.63, 3.8) is 0 Å². The van der Waals surface area contributed by atoms with Gasteiger partial charge < -0.3 is 15.2 Å². The van der Waals surface area contributed by atoms with E-state index in [9.17, 15) is 14.3 Å². The lowest BCUT2D eigenvalue weighted by Crippen LogP contribution is -2.41. The quantitative estimate of drug-likeness (QED) is 0.817. The van der Waals surface area contributed by atoms with E-state index in [2.05, 4.69) is 5.32 Å². The average Bonchev–Trinajstić information content (AvgIpc) is 2.90. The first-order valence-electron chi connectivity index (χ1n) is 7.43. The number of aliphatic hydroxyl groups excluding tert-OH is 1. The summed E-state index contributed by atoms with van der Waals surface area (Å²) in [7, 11) is 1.63. The van der Waals surface area contributed by atoms with Gasteiger partial charge in [-0.1, -0.05) is 12.1 Å². The van der Waals surface area contributed by atoms with Crippen LogP contribution < -0.4 is 5.32 Å². The maximum Gasteiger partial charge on any atom is 0.234 e. The molecule has 0 aromatic heterocycles. The van der Waals surface area contributed by atoms with Crippen molar-refractivity contribution < 1.29 is 19.0 Å². The van der Waals surface area contributed by atoms with Crippen LogP contribution in [-0.4, -0.2) is 54.9 Å². The van der Waals surface area contributed by atoms with Gasteiger partial charge in [-0.15, -0.1) is 0 Å². The zero-order chi connectivity index (χ0) is 16.1. The number of methoxy groups -OCH3 is 1. The number of nitrogens with zero attached hydrogens (tertiary/aromatic N) is 1. The van der Waals surface area contributed by atoms with Crippen LogP contribution in [0.2, 0.25) is 0 Å². The number of likely N-dealkylation sites (tertiary alicyclic amines) is 1. The van der Waals surface area contributed by atoms with E-state index < -0.39 is 0 Å². The van der Waals surface area contributed by atoms with Crippen LogP contribution in [0.5, 0.6) is 0 Å². The maximum absolute atomic E-state index is 13.4. The number of aryl methyl sites for hydroxylation is 1. The number of halogens is 1. The zero-order valence-corrected chi connectivity index (χ0v) is 13.0. The van der Waals surface area contributed by atoms with Gasteiger partial charge in [0.25, 0.3) is 0 Å². The van der Waals surface area contributed by atoms with E-state index in [1.165, 1.54) is 6.07 Å². The van der Waals surface area contributed by atoms with Crippen molar-refractivity contribution >= 4 is 5.91 Å². The van der Waals surface area contributed by atoms with Gasteiger partial charge in [0.2, 0.25) is 5.91 Å². The normalized spacial score (nSPS) is 22.0. The van der Waals surface area contributed by atoms with Crippen molar-refractivity contribution in [2.24, 2.45) is 0 Å². The number of aliphatic hydroxyl groups is 1. The first-order valence-corrected chi connectivity index (χ1v) is 7.43. The topological polar surface area (TPSA) is 61.8 Å². The minimum absolute atomic E-state index is 0.0102. The molecular weight excluding hydrogens is 287 g/mol. The number of amides is 1. The Morgan fingerprint density at radius 2 is 2.32 bits per heavy atom. The SMILES string of the molecule is CO[C@@H]1C[C@@H](CO)N(CC(=O)NCc2ccc(C)c(F)c2)C1. The second-order valence-corrected chi connectivity index (χ2v) is 5.72. The lowest BCUT2D eigenvalue weighted by molar-refractivity contribution is -0.122. The third kappa shape index (κ3) is 4.25. The van der Waals surface area contributed by atoms with Gasteiger partial charge in [0.1, 0.15) is 5.82 Å². The first kappa shape index (κ1) is 16.9. The smallest absolute Gasteiger partial charge is 0.234 e. The molecule has 0 spiro atoms. The molecule has 1 aromatic carbocycles. The monoisotopic (exact) mass is 310 g/mol. The molecule has 1 heterocycles. The third-order valence-corrected chi connectivity index (χ3v) is 4.11. The van der Waals surface area contributed by atoms with Crippen molar-refractivity contribution in [3.05, 3.63) is 35.1 Å². The summed E-state index contributed by atoms with van der Waals surface area (Å²) >= 11 is 0. The van der Waals surface area contributed by atoms with Crippen molar-refractivity contribution in [1.82, 2.24) is 10.2 Å². The predicted molar refractivity (Wildman–Crippen MR) is 80.8 cm³/mol. The zero-order valence-electron chi connectivity index (χ0n) is 13.0. The lowest BCUT2D eigenvalue weighted by Gasteiger charge is -2.21. The number of carbonyl (C=O) groups is 1. The molecule has 0 saturated carbocycles. The molecule has 1 amide bonds. The lowest BCUT2D eigenvalue weighted by atomic mass is 10.1. The maximum atomic E-state index is 13.4. The summed E-state index contributed by atoms with van der Waals surface area (Å²) in [5.41, 5.74) is 1.31. The number of hydrogen-bond donors (Lipinski definition) is 2. The largest absolute Gasteiger partial charge is 0.395 e. The predicted octanol–water partition coefficient (Wildman–Crippen LogP) is 0.832. The van der Waals surface area contributed by atoms with Crippen LogP contribution in [0.15, 0.2) is 18.2 Å². The Labute approximate surface area is 130 Å². The molecule has 22 heavy (non-hydrogen) atoms. The van der Waals surface area contributed by atoms with Gasteiger partial charge in [-0.05, 0) is 30.5 Å². The van der Waals surface area contributed by atoms with E-state index >= 15 is 0 Å². The van der Waals surface area contributed by atoms with Crippen LogP contribution in [0.4, 0.5) is 4.39 Å². The van der Waals surface area contributed by atoms with E-state index in [-0.39, 0.29) is 37.0 Å². The van der Waals surface area contributed by atoms with Crippen LogP contribution >= 0.6 is 0 Å². The molecule has 0 radical (unpaired) electrons. The van der Waals surface area contributed by atoms with Crippen LogP contribution in [0.1, 0.15) is 17.5 Å². The standard InChI is InChI=1S/C16H23FN2O3/c1-11-3-4-12(5-15(11)17)7-18-16(21)9-19-8-14(22-2)6-13(19)10-20/h3-5,13-14,20H,6-10H2,1-2H3,(H,18,21)/t13-,14+/m0/s1. The summed E-state index contributed by atoms with van der Waals surface area (Å²) in [5, 5.41) is 12.1. The highest BCUT2D eigenvalue weighted by molar-refractivity contribution is 5.78. The fourth-order valence-electron chi connectivity index (χ4n) is 2.68. The average molecular weight is 310 g/mol.